The van der Waals surface area contributed by atoms with Crippen LogP contribution in [0.3, 0.4) is 0 Å². The van der Waals surface area contributed by atoms with Crippen LogP contribution in [0, 0.1) is 5.41 Å². The van der Waals surface area contributed by atoms with Crippen molar-refractivity contribution in [3.05, 3.63) is 0 Å². The Balaban J connectivity index is 2.04. The fraction of sp³-hybridized carbons (Fsp3) is 0.800. The predicted octanol–water partition coefficient (Wildman–Crippen LogP) is -0.135. The molecule has 15 heavy (non-hydrogen) atoms. The molecule has 0 aromatic heterocycles. The molecular formula is C10H19N3O2. The van der Waals surface area contributed by atoms with Gasteiger partial charge in [0.2, 0.25) is 5.91 Å². The number of rotatable bonds is 5. The largest absolute Gasteiger partial charge is 0.379 e. The minimum Gasteiger partial charge on any atom is -0.379 e. The van der Waals surface area contributed by atoms with Crippen LogP contribution in [0.4, 0.5) is 0 Å². The standard InChI is InChI=1S/C10H19N3O2/c1-9(11)8-10(14)12-2-3-13-4-6-15-7-5-13/h11H,2-8H2,1H3,(H,12,14). The second kappa shape index (κ2) is 6.53. The zero-order valence-electron chi connectivity index (χ0n) is 9.21. The van der Waals surface area contributed by atoms with Gasteiger partial charge in [0.05, 0.1) is 19.6 Å². The topological polar surface area (TPSA) is 65.4 Å². The van der Waals surface area contributed by atoms with Crippen LogP contribution in [0.15, 0.2) is 0 Å². The Kier molecular flexibility index (Phi) is 5.28. The summed E-state index contributed by atoms with van der Waals surface area (Å²) in [7, 11) is 0. The zero-order chi connectivity index (χ0) is 11.1. The molecule has 0 atom stereocenters. The van der Waals surface area contributed by atoms with Crippen molar-refractivity contribution in [2.45, 2.75) is 13.3 Å². The summed E-state index contributed by atoms with van der Waals surface area (Å²) < 4.78 is 5.22. The molecule has 1 aliphatic rings. The number of hydrogen-bond acceptors (Lipinski definition) is 4. The maximum absolute atomic E-state index is 11.2. The monoisotopic (exact) mass is 213 g/mol. The first kappa shape index (κ1) is 12.1. The lowest BCUT2D eigenvalue weighted by molar-refractivity contribution is -0.120. The van der Waals surface area contributed by atoms with Gasteiger partial charge in [0.1, 0.15) is 0 Å². The molecule has 0 saturated carbocycles. The van der Waals surface area contributed by atoms with Crippen molar-refractivity contribution >= 4 is 11.6 Å². The molecule has 0 aliphatic carbocycles. The lowest BCUT2D eigenvalue weighted by Gasteiger charge is -2.26. The van der Waals surface area contributed by atoms with Gasteiger partial charge in [-0.25, -0.2) is 0 Å². The number of morpholine rings is 1. The SMILES string of the molecule is CC(=N)CC(=O)NCCN1CCOCC1. The van der Waals surface area contributed by atoms with Crippen molar-refractivity contribution in [2.24, 2.45) is 0 Å². The summed E-state index contributed by atoms with van der Waals surface area (Å²) in [6.07, 6.45) is 0.211. The second-order valence-corrected chi connectivity index (χ2v) is 3.76. The molecule has 0 unspecified atom stereocenters. The molecule has 1 saturated heterocycles. The molecule has 86 valence electrons. The highest BCUT2D eigenvalue weighted by atomic mass is 16.5. The molecule has 0 aromatic rings. The van der Waals surface area contributed by atoms with Crippen LogP contribution in [-0.2, 0) is 9.53 Å². The highest BCUT2D eigenvalue weighted by Crippen LogP contribution is 1.94. The maximum atomic E-state index is 11.2. The molecule has 0 radical (unpaired) electrons. The number of hydrogen-bond donors (Lipinski definition) is 2. The minimum atomic E-state index is -0.0595. The molecule has 5 nitrogen and oxygen atoms in total. The number of nitrogens with one attached hydrogen (secondary N) is 2. The Morgan fingerprint density at radius 2 is 2.13 bits per heavy atom. The summed E-state index contributed by atoms with van der Waals surface area (Å²) >= 11 is 0. The van der Waals surface area contributed by atoms with Crippen LogP contribution < -0.4 is 5.32 Å². The summed E-state index contributed by atoms with van der Waals surface area (Å²) in [6.45, 7) is 6.62. The first-order valence-corrected chi connectivity index (χ1v) is 5.29. The average molecular weight is 213 g/mol. The van der Waals surface area contributed by atoms with Gasteiger partial charge in [-0.05, 0) is 6.92 Å². The highest BCUT2D eigenvalue weighted by Gasteiger charge is 2.10. The van der Waals surface area contributed by atoms with Crippen molar-refractivity contribution in [2.75, 3.05) is 39.4 Å². The molecule has 1 fully saturated rings. The molecule has 1 rings (SSSR count). The Morgan fingerprint density at radius 3 is 2.73 bits per heavy atom. The van der Waals surface area contributed by atoms with E-state index in [4.69, 9.17) is 10.1 Å². The lowest BCUT2D eigenvalue weighted by Crippen LogP contribution is -2.41. The Hall–Kier alpha value is -0.940. The van der Waals surface area contributed by atoms with Crippen LogP contribution in [0.2, 0.25) is 0 Å². The van der Waals surface area contributed by atoms with E-state index in [0.717, 1.165) is 32.8 Å². The van der Waals surface area contributed by atoms with Crippen LogP contribution in [0.25, 0.3) is 0 Å². The molecule has 0 bridgehead atoms. The number of nitrogens with zero attached hydrogens (tertiary/aromatic N) is 1. The van der Waals surface area contributed by atoms with Gasteiger partial charge in [0.15, 0.2) is 0 Å². The number of carbonyl (C=O) groups excluding carboxylic acids is 1. The summed E-state index contributed by atoms with van der Waals surface area (Å²) in [5.41, 5.74) is 0.402. The van der Waals surface area contributed by atoms with E-state index in [2.05, 4.69) is 10.2 Å². The molecular weight excluding hydrogens is 194 g/mol. The Morgan fingerprint density at radius 1 is 1.47 bits per heavy atom. The molecule has 5 heteroatoms. The molecule has 1 amide bonds. The van der Waals surface area contributed by atoms with Crippen LogP contribution >= 0.6 is 0 Å². The van der Waals surface area contributed by atoms with E-state index in [9.17, 15) is 4.79 Å². The van der Waals surface area contributed by atoms with Crippen molar-refractivity contribution in [3.8, 4) is 0 Å². The van der Waals surface area contributed by atoms with Gasteiger partial charge in [-0.1, -0.05) is 0 Å². The maximum Gasteiger partial charge on any atom is 0.225 e. The van der Waals surface area contributed by atoms with E-state index in [-0.39, 0.29) is 12.3 Å². The summed E-state index contributed by atoms with van der Waals surface area (Å²) in [4.78, 5) is 13.5. The van der Waals surface area contributed by atoms with Crippen LogP contribution in [0.5, 0.6) is 0 Å². The van der Waals surface area contributed by atoms with E-state index in [0.29, 0.717) is 12.3 Å². The Bertz CT molecular complexity index is 225. The molecule has 1 heterocycles. The minimum absolute atomic E-state index is 0.0595. The van der Waals surface area contributed by atoms with Crippen LogP contribution in [0.1, 0.15) is 13.3 Å². The fourth-order valence-electron chi connectivity index (χ4n) is 1.48. The average Bonchev–Trinajstić information content (AvgIpc) is 2.18. The quantitative estimate of drug-likeness (QED) is 0.625. The molecule has 2 N–H and O–H groups in total. The van der Waals surface area contributed by atoms with Gasteiger partial charge < -0.3 is 15.5 Å². The van der Waals surface area contributed by atoms with E-state index >= 15 is 0 Å². The summed E-state index contributed by atoms with van der Waals surface area (Å²) in [5.74, 6) is -0.0595. The van der Waals surface area contributed by atoms with Gasteiger partial charge in [-0.2, -0.15) is 0 Å². The smallest absolute Gasteiger partial charge is 0.225 e. The van der Waals surface area contributed by atoms with Crippen molar-refractivity contribution in [1.29, 1.82) is 5.41 Å². The first-order chi connectivity index (χ1) is 7.18. The van der Waals surface area contributed by atoms with Crippen molar-refractivity contribution < 1.29 is 9.53 Å². The third kappa shape index (κ3) is 5.49. The van der Waals surface area contributed by atoms with E-state index in [1.54, 1.807) is 6.92 Å². The normalized spacial score (nSPS) is 17.4. The third-order valence-electron chi connectivity index (χ3n) is 2.28. The first-order valence-electron chi connectivity index (χ1n) is 5.29. The van der Waals surface area contributed by atoms with E-state index in [1.165, 1.54) is 0 Å². The van der Waals surface area contributed by atoms with Crippen molar-refractivity contribution in [1.82, 2.24) is 10.2 Å². The molecule has 0 aromatic carbocycles. The molecule has 1 aliphatic heterocycles. The predicted molar refractivity (Wildman–Crippen MR) is 58.3 cm³/mol. The third-order valence-corrected chi connectivity index (χ3v) is 2.28. The van der Waals surface area contributed by atoms with Crippen LogP contribution in [-0.4, -0.2) is 55.9 Å². The van der Waals surface area contributed by atoms with Gasteiger partial charge in [-0.3, -0.25) is 9.69 Å². The summed E-state index contributed by atoms with van der Waals surface area (Å²) in [5, 5.41) is 9.97. The number of carbonyl (C=O) groups is 1. The van der Waals surface area contributed by atoms with E-state index < -0.39 is 0 Å². The van der Waals surface area contributed by atoms with Gasteiger partial charge >= 0.3 is 0 Å². The number of ether oxygens (including phenoxy) is 1. The van der Waals surface area contributed by atoms with Crippen molar-refractivity contribution in [3.63, 3.8) is 0 Å². The van der Waals surface area contributed by atoms with Gasteiger partial charge in [0.25, 0.3) is 0 Å². The number of amides is 1. The molecule has 0 spiro atoms. The highest BCUT2D eigenvalue weighted by molar-refractivity contribution is 5.98. The zero-order valence-corrected chi connectivity index (χ0v) is 9.21. The van der Waals surface area contributed by atoms with Gasteiger partial charge in [-0.15, -0.1) is 0 Å². The van der Waals surface area contributed by atoms with Gasteiger partial charge in [0, 0.05) is 31.9 Å². The second-order valence-electron chi connectivity index (χ2n) is 3.76. The fourth-order valence-corrected chi connectivity index (χ4v) is 1.48. The lowest BCUT2D eigenvalue weighted by atomic mass is 10.3. The Labute approximate surface area is 90.3 Å². The summed E-state index contributed by atoms with van der Waals surface area (Å²) in [6, 6.07) is 0. The van der Waals surface area contributed by atoms with E-state index in [1.807, 2.05) is 0 Å².